The first-order valence-electron chi connectivity index (χ1n) is 6.76. The third-order valence-electron chi connectivity index (χ3n) is 3.00. The number of ether oxygens (including phenoxy) is 2. The first-order chi connectivity index (χ1) is 10.6. The summed E-state index contributed by atoms with van der Waals surface area (Å²) in [4.78, 5) is 24.0. The zero-order valence-electron chi connectivity index (χ0n) is 12.4. The van der Waals surface area contributed by atoms with Crippen LogP contribution >= 0.6 is 0 Å². The fraction of sp³-hybridized carbons (Fsp3) is 0.250. The van der Waals surface area contributed by atoms with E-state index < -0.39 is 18.0 Å². The van der Waals surface area contributed by atoms with Gasteiger partial charge in [-0.3, -0.25) is 4.79 Å². The topological polar surface area (TPSA) is 77.8 Å². The molecule has 6 nitrogen and oxygen atoms in total. The number of carbonyl (C=O) groups is 2. The fourth-order valence-corrected chi connectivity index (χ4v) is 1.82. The Labute approximate surface area is 128 Å². The van der Waals surface area contributed by atoms with Crippen molar-refractivity contribution in [3.05, 3.63) is 54.0 Å². The third kappa shape index (κ3) is 3.88. The Balaban J connectivity index is 1.91. The highest BCUT2D eigenvalue weighted by Gasteiger charge is 2.21. The van der Waals surface area contributed by atoms with Crippen molar-refractivity contribution in [3.8, 4) is 5.75 Å². The van der Waals surface area contributed by atoms with Crippen molar-refractivity contribution in [2.24, 2.45) is 0 Å². The summed E-state index contributed by atoms with van der Waals surface area (Å²) < 4.78 is 15.3. The monoisotopic (exact) mass is 303 g/mol. The van der Waals surface area contributed by atoms with Crippen LogP contribution in [-0.4, -0.2) is 25.1 Å². The maximum Gasteiger partial charge on any atom is 0.342 e. The van der Waals surface area contributed by atoms with Gasteiger partial charge in [-0.1, -0.05) is 12.1 Å². The molecule has 0 aliphatic heterocycles. The van der Waals surface area contributed by atoms with Crippen LogP contribution in [0.5, 0.6) is 5.75 Å². The maximum absolute atomic E-state index is 12.1. The van der Waals surface area contributed by atoms with Crippen LogP contribution in [-0.2, 0) is 16.1 Å². The minimum absolute atomic E-state index is 0.238. The predicted molar refractivity (Wildman–Crippen MR) is 78.4 cm³/mol. The van der Waals surface area contributed by atoms with Gasteiger partial charge in [0.2, 0.25) is 0 Å². The van der Waals surface area contributed by atoms with Gasteiger partial charge in [-0.2, -0.15) is 0 Å². The molecule has 0 fully saturated rings. The molecule has 0 bridgehead atoms. The van der Waals surface area contributed by atoms with Gasteiger partial charge in [0.25, 0.3) is 5.91 Å². The van der Waals surface area contributed by atoms with Crippen molar-refractivity contribution in [2.75, 3.05) is 7.11 Å². The van der Waals surface area contributed by atoms with Crippen LogP contribution in [0.25, 0.3) is 0 Å². The third-order valence-corrected chi connectivity index (χ3v) is 3.00. The standard InChI is InChI=1S/C16H17NO5/c1-11(15(18)17-10-12-6-5-9-21-12)22-16(19)13-7-3-4-8-14(13)20-2/h3-9,11H,10H2,1-2H3,(H,17,18)/t11-/m0/s1. The van der Waals surface area contributed by atoms with Crippen molar-refractivity contribution in [1.82, 2.24) is 5.32 Å². The lowest BCUT2D eigenvalue weighted by atomic mass is 10.2. The van der Waals surface area contributed by atoms with E-state index in [-0.39, 0.29) is 12.1 Å². The molecule has 0 spiro atoms. The molecule has 0 aliphatic rings. The van der Waals surface area contributed by atoms with Gasteiger partial charge >= 0.3 is 5.97 Å². The van der Waals surface area contributed by atoms with Crippen LogP contribution in [0.15, 0.2) is 47.1 Å². The molecule has 2 rings (SSSR count). The van der Waals surface area contributed by atoms with E-state index in [1.165, 1.54) is 20.3 Å². The van der Waals surface area contributed by atoms with E-state index in [1.807, 2.05) is 0 Å². The number of methoxy groups -OCH3 is 1. The average molecular weight is 303 g/mol. The Hall–Kier alpha value is -2.76. The van der Waals surface area contributed by atoms with E-state index in [2.05, 4.69) is 5.32 Å². The van der Waals surface area contributed by atoms with Gasteiger partial charge in [-0.15, -0.1) is 0 Å². The summed E-state index contributed by atoms with van der Waals surface area (Å²) in [7, 11) is 1.46. The van der Waals surface area contributed by atoms with Crippen LogP contribution in [0.1, 0.15) is 23.0 Å². The number of hydrogen-bond acceptors (Lipinski definition) is 5. The SMILES string of the molecule is COc1ccccc1C(=O)O[C@@H](C)C(=O)NCc1ccco1. The molecule has 1 N–H and O–H groups in total. The molecular formula is C16H17NO5. The number of nitrogens with one attached hydrogen (secondary N) is 1. The smallest absolute Gasteiger partial charge is 0.342 e. The summed E-state index contributed by atoms with van der Waals surface area (Å²) in [6.45, 7) is 1.74. The molecule has 1 aromatic carbocycles. The first kappa shape index (κ1) is 15.6. The van der Waals surface area contributed by atoms with Gasteiger partial charge in [-0.25, -0.2) is 4.79 Å². The minimum atomic E-state index is -0.924. The summed E-state index contributed by atoms with van der Waals surface area (Å²) in [6, 6.07) is 10.1. The molecule has 1 heterocycles. The predicted octanol–water partition coefficient (Wildman–Crippen LogP) is 2.15. The number of hydrogen-bond donors (Lipinski definition) is 1. The van der Waals surface area contributed by atoms with Gasteiger partial charge < -0.3 is 19.2 Å². The molecule has 116 valence electrons. The van der Waals surface area contributed by atoms with Crippen molar-refractivity contribution in [3.63, 3.8) is 0 Å². The second kappa shape index (κ2) is 7.31. The van der Waals surface area contributed by atoms with E-state index in [9.17, 15) is 9.59 Å². The molecule has 1 aromatic heterocycles. The molecule has 0 saturated carbocycles. The summed E-state index contributed by atoms with van der Waals surface area (Å²) in [5.74, 6) is 0.00467. The highest BCUT2D eigenvalue weighted by atomic mass is 16.5. The Morgan fingerprint density at radius 3 is 2.68 bits per heavy atom. The Bertz CT molecular complexity index is 636. The Morgan fingerprint density at radius 1 is 1.23 bits per heavy atom. The zero-order chi connectivity index (χ0) is 15.9. The lowest BCUT2D eigenvalue weighted by molar-refractivity contribution is -0.129. The largest absolute Gasteiger partial charge is 0.496 e. The first-order valence-corrected chi connectivity index (χ1v) is 6.76. The van der Waals surface area contributed by atoms with E-state index in [1.54, 1.807) is 36.4 Å². The summed E-state index contributed by atoms with van der Waals surface area (Å²) >= 11 is 0. The highest BCUT2D eigenvalue weighted by Crippen LogP contribution is 2.18. The van der Waals surface area contributed by atoms with Gasteiger partial charge in [0, 0.05) is 0 Å². The maximum atomic E-state index is 12.1. The molecule has 0 unspecified atom stereocenters. The van der Waals surface area contributed by atoms with Crippen LogP contribution in [0.3, 0.4) is 0 Å². The molecule has 1 amide bonds. The van der Waals surface area contributed by atoms with Crippen LogP contribution in [0.4, 0.5) is 0 Å². The number of amides is 1. The van der Waals surface area contributed by atoms with E-state index in [0.717, 1.165) is 0 Å². The van der Waals surface area contributed by atoms with E-state index >= 15 is 0 Å². The second-order valence-corrected chi connectivity index (χ2v) is 4.54. The van der Waals surface area contributed by atoms with Crippen molar-refractivity contribution >= 4 is 11.9 Å². The van der Waals surface area contributed by atoms with E-state index in [4.69, 9.17) is 13.9 Å². The summed E-state index contributed by atoms with van der Waals surface area (Å²) in [6.07, 6.45) is 0.597. The minimum Gasteiger partial charge on any atom is -0.496 e. The van der Waals surface area contributed by atoms with Gasteiger partial charge in [0.15, 0.2) is 6.10 Å². The number of furan rings is 1. The quantitative estimate of drug-likeness (QED) is 0.827. The van der Waals surface area contributed by atoms with Crippen molar-refractivity contribution < 1.29 is 23.5 Å². The van der Waals surface area contributed by atoms with Gasteiger partial charge in [-0.05, 0) is 31.2 Å². The van der Waals surface area contributed by atoms with Crippen LogP contribution in [0.2, 0.25) is 0 Å². The van der Waals surface area contributed by atoms with Crippen LogP contribution < -0.4 is 10.1 Å². The molecule has 1 atom stereocenters. The molecule has 2 aromatic rings. The molecule has 0 saturated heterocycles. The van der Waals surface area contributed by atoms with Crippen molar-refractivity contribution in [1.29, 1.82) is 0 Å². The van der Waals surface area contributed by atoms with Crippen LogP contribution in [0, 0.1) is 0 Å². The fourth-order valence-electron chi connectivity index (χ4n) is 1.82. The molecule has 22 heavy (non-hydrogen) atoms. The average Bonchev–Trinajstić information content (AvgIpc) is 3.05. The zero-order valence-corrected chi connectivity index (χ0v) is 12.4. The molecule has 6 heteroatoms. The summed E-state index contributed by atoms with van der Waals surface area (Å²) in [5.41, 5.74) is 0.274. The summed E-state index contributed by atoms with van der Waals surface area (Å²) in [5, 5.41) is 2.63. The highest BCUT2D eigenvalue weighted by molar-refractivity contribution is 5.94. The Kier molecular flexibility index (Phi) is 5.19. The van der Waals surface area contributed by atoms with Gasteiger partial charge in [0.1, 0.15) is 17.1 Å². The van der Waals surface area contributed by atoms with Gasteiger partial charge in [0.05, 0.1) is 19.9 Å². The lowest BCUT2D eigenvalue weighted by Crippen LogP contribution is -2.35. The number of rotatable bonds is 6. The molecule has 0 aliphatic carbocycles. The normalized spacial score (nSPS) is 11.5. The molecular weight excluding hydrogens is 286 g/mol. The number of para-hydroxylation sites is 1. The van der Waals surface area contributed by atoms with E-state index in [0.29, 0.717) is 11.5 Å². The lowest BCUT2D eigenvalue weighted by Gasteiger charge is -2.14. The number of benzene rings is 1. The second-order valence-electron chi connectivity index (χ2n) is 4.54. The van der Waals surface area contributed by atoms with Crippen molar-refractivity contribution in [2.45, 2.75) is 19.6 Å². The number of carbonyl (C=O) groups excluding carboxylic acids is 2. The number of esters is 1. The molecule has 0 radical (unpaired) electrons. The Morgan fingerprint density at radius 2 is 2.00 bits per heavy atom.